The van der Waals surface area contributed by atoms with Crippen molar-refractivity contribution in [1.29, 1.82) is 0 Å². The van der Waals surface area contributed by atoms with Gasteiger partial charge in [-0.25, -0.2) is 9.67 Å². The monoisotopic (exact) mass is 210 g/mol. The Hall–Kier alpha value is -0.940. The van der Waals surface area contributed by atoms with E-state index >= 15 is 0 Å². The van der Waals surface area contributed by atoms with Crippen LogP contribution in [0.15, 0.2) is 6.33 Å². The van der Waals surface area contributed by atoms with Gasteiger partial charge in [0.25, 0.3) is 0 Å². The molecule has 0 spiro atoms. The Balaban J connectivity index is 1.81. The van der Waals surface area contributed by atoms with Gasteiger partial charge in [-0.1, -0.05) is 0 Å². The van der Waals surface area contributed by atoms with E-state index in [4.69, 9.17) is 4.74 Å². The molecule has 0 amide bonds. The summed E-state index contributed by atoms with van der Waals surface area (Å²) in [5, 5.41) is 7.43. The Morgan fingerprint density at radius 2 is 2.60 bits per heavy atom. The SMILES string of the molecule is CCn1ncnc1CO[C@H]1CCCNC1. The van der Waals surface area contributed by atoms with Gasteiger partial charge in [-0.15, -0.1) is 0 Å². The van der Waals surface area contributed by atoms with Gasteiger partial charge in [0, 0.05) is 13.1 Å². The zero-order chi connectivity index (χ0) is 10.5. The zero-order valence-electron chi connectivity index (χ0n) is 9.15. The Kier molecular flexibility index (Phi) is 3.69. The van der Waals surface area contributed by atoms with Gasteiger partial charge in [-0.2, -0.15) is 5.10 Å². The number of piperidine rings is 1. The Morgan fingerprint density at radius 1 is 1.67 bits per heavy atom. The van der Waals surface area contributed by atoms with Gasteiger partial charge in [0.15, 0.2) is 5.82 Å². The normalized spacial score (nSPS) is 21.8. The van der Waals surface area contributed by atoms with Gasteiger partial charge in [0.1, 0.15) is 12.9 Å². The Labute approximate surface area is 89.8 Å². The Bertz CT molecular complexity index is 293. The maximum atomic E-state index is 5.78. The van der Waals surface area contributed by atoms with E-state index < -0.39 is 0 Å². The first-order valence-corrected chi connectivity index (χ1v) is 5.59. The van der Waals surface area contributed by atoms with Crippen molar-refractivity contribution in [3.63, 3.8) is 0 Å². The van der Waals surface area contributed by atoms with Crippen molar-refractivity contribution in [2.24, 2.45) is 0 Å². The van der Waals surface area contributed by atoms with Crippen LogP contribution in [0.4, 0.5) is 0 Å². The maximum Gasteiger partial charge on any atom is 0.152 e. The highest BCUT2D eigenvalue weighted by Gasteiger charge is 2.14. The summed E-state index contributed by atoms with van der Waals surface area (Å²) in [7, 11) is 0. The van der Waals surface area contributed by atoms with Gasteiger partial charge in [-0.3, -0.25) is 0 Å². The minimum Gasteiger partial charge on any atom is -0.369 e. The molecule has 1 atom stereocenters. The zero-order valence-corrected chi connectivity index (χ0v) is 9.15. The van der Waals surface area contributed by atoms with Crippen LogP contribution in [0.25, 0.3) is 0 Å². The van der Waals surface area contributed by atoms with Crippen LogP contribution in [0.1, 0.15) is 25.6 Å². The number of aryl methyl sites for hydroxylation is 1. The van der Waals surface area contributed by atoms with Gasteiger partial charge >= 0.3 is 0 Å². The summed E-state index contributed by atoms with van der Waals surface area (Å²) in [5.41, 5.74) is 0. The van der Waals surface area contributed by atoms with Crippen molar-refractivity contribution in [3.8, 4) is 0 Å². The third kappa shape index (κ3) is 2.76. The van der Waals surface area contributed by atoms with Gasteiger partial charge < -0.3 is 10.1 Å². The fourth-order valence-corrected chi connectivity index (χ4v) is 1.82. The molecule has 1 N–H and O–H groups in total. The molecule has 0 unspecified atom stereocenters. The fraction of sp³-hybridized carbons (Fsp3) is 0.800. The van der Waals surface area contributed by atoms with E-state index in [9.17, 15) is 0 Å². The molecule has 1 saturated heterocycles. The first kappa shape index (κ1) is 10.6. The van der Waals surface area contributed by atoms with Crippen LogP contribution in [0.5, 0.6) is 0 Å². The number of nitrogens with one attached hydrogen (secondary N) is 1. The molecule has 0 aromatic carbocycles. The molecule has 15 heavy (non-hydrogen) atoms. The second kappa shape index (κ2) is 5.23. The lowest BCUT2D eigenvalue weighted by Gasteiger charge is -2.22. The summed E-state index contributed by atoms with van der Waals surface area (Å²) in [6, 6.07) is 0. The van der Waals surface area contributed by atoms with E-state index in [0.717, 1.165) is 31.9 Å². The van der Waals surface area contributed by atoms with Gasteiger partial charge in [0.2, 0.25) is 0 Å². The molecule has 0 bridgehead atoms. The standard InChI is InChI=1S/C10H18N4O/c1-2-14-10(12-8-13-14)7-15-9-4-3-5-11-6-9/h8-9,11H,2-7H2,1H3/t9-/m0/s1. The summed E-state index contributed by atoms with van der Waals surface area (Å²) >= 11 is 0. The number of nitrogens with zero attached hydrogens (tertiary/aromatic N) is 3. The number of ether oxygens (including phenoxy) is 1. The minimum absolute atomic E-state index is 0.334. The van der Waals surface area contributed by atoms with Crippen LogP contribution in [-0.4, -0.2) is 34.0 Å². The Morgan fingerprint density at radius 3 is 3.33 bits per heavy atom. The second-order valence-electron chi connectivity index (χ2n) is 3.77. The smallest absolute Gasteiger partial charge is 0.152 e. The van der Waals surface area contributed by atoms with Crippen molar-refractivity contribution >= 4 is 0 Å². The van der Waals surface area contributed by atoms with Crippen molar-refractivity contribution in [2.45, 2.75) is 39.0 Å². The average Bonchev–Trinajstić information content (AvgIpc) is 2.75. The van der Waals surface area contributed by atoms with Crippen LogP contribution >= 0.6 is 0 Å². The molecule has 1 fully saturated rings. The molecular formula is C10H18N4O. The topological polar surface area (TPSA) is 52.0 Å². The summed E-state index contributed by atoms with van der Waals surface area (Å²) in [4.78, 5) is 4.18. The predicted molar refractivity (Wildman–Crippen MR) is 56.4 cm³/mol. The molecule has 0 saturated carbocycles. The molecule has 1 aromatic rings. The molecule has 1 aromatic heterocycles. The second-order valence-corrected chi connectivity index (χ2v) is 3.77. The molecule has 1 aliphatic heterocycles. The van der Waals surface area contributed by atoms with Gasteiger partial charge in [0.05, 0.1) is 6.10 Å². The molecule has 2 heterocycles. The number of hydrogen-bond acceptors (Lipinski definition) is 4. The van der Waals surface area contributed by atoms with E-state index in [2.05, 4.69) is 22.3 Å². The highest BCUT2D eigenvalue weighted by molar-refractivity contribution is 4.82. The number of aromatic nitrogens is 3. The van der Waals surface area contributed by atoms with E-state index in [1.54, 1.807) is 6.33 Å². The highest BCUT2D eigenvalue weighted by atomic mass is 16.5. The predicted octanol–water partition coefficient (Wildman–Crippen LogP) is 0.567. The molecule has 0 aliphatic carbocycles. The first-order valence-electron chi connectivity index (χ1n) is 5.59. The van der Waals surface area contributed by atoms with Gasteiger partial charge in [-0.05, 0) is 26.3 Å². The third-order valence-electron chi connectivity index (χ3n) is 2.70. The summed E-state index contributed by atoms with van der Waals surface area (Å²) in [6.07, 6.45) is 4.26. The van der Waals surface area contributed by atoms with Crippen molar-refractivity contribution in [3.05, 3.63) is 12.2 Å². The van der Waals surface area contributed by atoms with E-state index in [-0.39, 0.29) is 0 Å². The lowest BCUT2D eigenvalue weighted by Crippen LogP contribution is -2.35. The number of rotatable bonds is 4. The number of hydrogen-bond donors (Lipinski definition) is 1. The van der Waals surface area contributed by atoms with Crippen LogP contribution in [0, 0.1) is 0 Å². The molecule has 0 radical (unpaired) electrons. The summed E-state index contributed by atoms with van der Waals surface area (Å²) < 4.78 is 7.66. The molecule has 84 valence electrons. The van der Waals surface area contributed by atoms with E-state index in [1.165, 1.54) is 6.42 Å². The molecule has 5 nitrogen and oxygen atoms in total. The van der Waals surface area contributed by atoms with Crippen LogP contribution in [0.2, 0.25) is 0 Å². The lowest BCUT2D eigenvalue weighted by molar-refractivity contribution is 0.0201. The van der Waals surface area contributed by atoms with Crippen LogP contribution < -0.4 is 5.32 Å². The van der Waals surface area contributed by atoms with Crippen molar-refractivity contribution in [1.82, 2.24) is 20.1 Å². The fourth-order valence-electron chi connectivity index (χ4n) is 1.82. The van der Waals surface area contributed by atoms with E-state index in [0.29, 0.717) is 12.7 Å². The summed E-state index contributed by atoms with van der Waals surface area (Å²) in [5.74, 6) is 0.920. The average molecular weight is 210 g/mol. The molecule has 5 heteroatoms. The molecular weight excluding hydrogens is 192 g/mol. The quantitative estimate of drug-likeness (QED) is 0.789. The maximum absolute atomic E-state index is 5.78. The lowest BCUT2D eigenvalue weighted by atomic mass is 10.1. The minimum atomic E-state index is 0.334. The molecule has 2 rings (SSSR count). The van der Waals surface area contributed by atoms with E-state index in [1.807, 2.05) is 4.68 Å². The van der Waals surface area contributed by atoms with Crippen molar-refractivity contribution < 1.29 is 4.74 Å². The third-order valence-corrected chi connectivity index (χ3v) is 2.70. The molecule has 1 aliphatic rings. The first-order chi connectivity index (χ1) is 7.40. The highest BCUT2D eigenvalue weighted by Crippen LogP contribution is 2.08. The van der Waals surface area contributed by atoms with Crippen LogP contribution in [-0.2, 0) is 17.9 Å². The summed E-state index contributed by atoms with van der Waals surface area (Å²) in [6.45, 7) is 5.55. The largest absolute Gasteiger partial charge is 0.369 e. The van der Waals surface area contributed by atoms with Crippen LogP contribution in [0.3, 0.4) is 0 Å². The van der Waals surface area contributed by atoms with Crippen molar-refractivity contribution in [2.75, 3.05) is 13.1 Å².